The second-order valence-electron chi connectivity index (χ2n) is 2.96. The Morgan fingerprint density at radius 2 is 2.29 bits per heavy atom. The van der Waals surface area contributed by atoms with Crippen LogP contribution in [0.5, 0.6) is 0 Å². The summed E-state index contributed by atoms with van der Waals surface area (Å²) in [7, 11) is 0. The lowest BCUT2D eigenvalue weighted by molar-refractivity contribution is 0.856. The molecule has 2 heterocycles. The van der Waals surface area contributed by atoms with E-state index in [9.17, 15) is 0 Å². The monoisotopic (exact) mass is 252 g/mol. The van der Waals surface area contributed by atoms with Gasteiger partial charge in [0.05, 0.1) is 15.9 Å². The summed E-state index contributed by atoms with van der Waals surface area (Å²) in [6, 6.07) is 3.71. The second-order valence-corrected chi connectivity index (χ2v) is 3.82. The first-order chi connectivity index (χ1) is 6.66. The van der Waals surface area contributed by atoms with Crippen LogP contribution in [0.1, 0.15) is 5.69 Å². The minimum atomic E-state index is 0.483. The zero-order chi connectivity index (χ0) is 10.1. The van der Waals surface area contributed by atoms with Crippen molar-refractivity contribution in [3.05, 3.63) is 34.7 Å². The van der Waals surface area contributed by atoms with E-state index in [1.807, 2.05) is 19.2 Å². The van der Waals surface area contributed by atoms with Gasteiger partial charge in [0.2, 0.25) is 0 Å². The average Bonchev–Trinajstić information content (AvgIpc) is 2.56. The van der Waals surface area contributed by atoms with Crippen LogP contribution in [0.25, 0.3) is 5.69 Å². The number of hydrogen-bond acceptors (Lipinski definition) is 3. The number of halogens is 1. The highest BCUT2D eigenvalue weighted by Crippen LogP contribution is 2.20. The molecule has 2 N–H and O–H groups in total. The Kier molecular flexibility index (Phi) is 2.25. The van der Waals surface area contributed by atoms with E-state index in [-0.39, 0.29) is 0 Å². The number of nitrogens with two attached hydrogens (primary N) is 1. The van der Waals surface area contributed by atoms with E-state index in [4.69, 9.17) is 5.73 Å². The van der Waals surface area contributed by atoms with E-state index < -0.39 is 0 Å². The fourth-order valence-electron chi connectivity index (χ4n) is 1.17. The fraction of sp³-hybridized carbons (Fsp3) is 0.111. The highest BCUT2D eigenvalue weighted by atomic mass is 79.9. The van der Waals surface area contributed by atoms with Gasteiger partial charge >= 0.3 is 0 Å². The number of nitrogens with zero attached hydrogens (tertiary/aromatic N) is 3. The number of anilines is 1. The number of aromatic nitrogens is 3. The molecule has 0 saturated carbocycles. The van der Waals surface area contributed by atoms with E-state index in [2.05, 4.69) is 26.0 Å². The Balaban J connectivity index is 2.55. The molecule has 0 radical (unpaired) electrons. The van der Waals surface area contributed by atoms with Crippen molar-refractivity contribution >= 4 is 21.7 Å². The summed E-state index contributed by atoms with van der Waals surface area (Å²) in [5, 5.41) is 4.29. The maximum Gasteiger partial charge on any atom is 0.125 e. The van der Waals surface area contributed by atoms with Crippen LogP contribution in [0.15, 0.2) is 29.0 Å². The lowest BCUT2D eigenvalue weighted by Gasteiger charge is -2.04. The molecule has 0 spiro atoms. The Bertz CT molecular complexity index is 464. The smallest absolute Gasteiger partial charge is 0.125 e. The molecule has 0 aromatic carbocycles. The van der Waals surface area contributed by atoms with Gasteiger partial charge in [0, 0.05) is 18.5 Å². The Morgan fingerprint density at radius 3 is 2.93 bits per heavy atom. The van der Waals surface area contributed by atoms with E-state index in [0.717, 1.165) is 15.9 Å². The summed E-state index contributed by atoms with van der Waals surface area (Å²) in [4.78, 5) is 3.96. The predicted octanol–water partition coefficient (Wildman–Crippen LogP) is 1.92. The molecule has 2 rings (SSSR count). The van der Waals surface area contributed by atoms with Gasteiger partial charge in [-0.3, -0.25) is 0 Å². The van der Waals surface area contributed by atoms with E-state index >= 15 is 0 Å². The number of nitrogen functional groups attached to an aromatic ring is 1. The molecule has 0 fully saturated rings. The molecule has 4 nitrogen and oxygen atoms in total. The molecular formula is C9H9BrN4. The average molecular weight is 253 g/mol. The van der Waals surface area contributed by atoms with Crippen molar-refractivity contribution in [3.8, 4) is 5.69 Å². The number of hydrogen-bond donors (Lipinski definition) is 1. The molecule has 5 heteroatoms. The molecule has 0 aliphatic heterocycles. The molecule has 2 aromatic heterocycles. The van der Waals surface area contributed by atoms with Gasteiger partial charge in [-0.1, -0.05) is 0 Å². The van der Waals surface area contributed by atoms with Gasteiger partial charge in [-0.25, -0.2) is 9.67 Å². The largest absolute Gasteiger partial charge is 0.384 e. The van der Waals surface area contributed by atoms with Gasteiger partial charge in [-0.2, -0.15) is 5.10 Å². The highest BCUT2D eigenvalue weighted by Gasteiger charge is 2.04. The Hall–Kier alpha value is -1.36. The van der Waals surface area contributed by atoms with Crippen LogP contribution in [0, 0.1) is 6.92 Å². The molecule has 0 aliphatic carbocycles. The van der Waals surface area contributed by atoms with Crippen LogP contribution in [-0.4, -0.2) is 14.8 Å². The van der Waals surface area contributed by atoms with Crippen LogP contribution < -0.4 is 5.73 Å². The SMILES string of the molecule is Cc1ccn(-c2cc(N)ncc2Br)n1. The van der Waals surface area contributed by atoms with Crippen LogP contribution in [0.2, 0.25) is 0 Å². The maximum atomic E-state index is 5.60. The normalized spacial score (nSPS) is 10.4. The molecule has 0 saturated heterocycles. The summed E-state index contributed by atoms with van der Waals surface area (Å²) in [6.07, 6.45) is 3.55. The minimum absolute atomic E-state index is 0.483. The van der Waals surface area contributed by atoms with Crippen molar-refractivity contribution in [2.75, 3.05) is 5.73 Å². The topological polar surface area (TPSA) is 56.7 Å². The van der Waals surface area contributed by atoms with Crippen molar-refractivity contribution < 1.29 is 0 Å². The van der Waals surface area contributed by atoms with Gasteiger partial charge in [0.15, 0.2) is 0 Å². The van der Waals surface area contributed by atoms with Gasteiger partial charge in [-0.05, 0) is 28.9 Å². The van der Waals surface area contributed by atoms with Crippen LogP contribution >= 0.6 is 15.9 Å². The number of aryl methyl sites for hydroxylation is 1. The van der Waals surface area contributed by atoms with Crippen molar-refractivity contribution in [1.29, 1.82) is 0 Å². The summed E-state index contributed by atoms with van der Waals surface area (Å²) in [5.41, 5.74) is 7.46. The predicted molar refractivity (Wildman–Crippen MR) is 58.2 cm³/mol. The molecule has 2 aromatic rings. The van der Waals surface area contributed by atoms with E-state index in [0.29, 0.717) is 5.82 Å². The molecule has 0 unspecified atom stereocenters. The Labute approximate surface area is 89.9 Å². The second kappa shape index (κ2) is 3.42. The number of rotatable bonds is 1. The van der Waals surface area contributed by atoms with Crippen molar-refractivity contribution in [1.82, 2.24) is 14.8 Å². The maximum absolute atomic E-state index is 5.60. The third-order valence-electron chi connectivity index (χ3n) is 1.83. The van der Waals surface area contributed by atoms with Crippen molar-refractivity contribution in [2.45, 2.75) is 6.92 Å². The minimum Gasteiger partial charge on any atom is -0.384 e. The quantitative estimate of drug-likeness (QED) is 0.844. The zero-order valence-electron chi connectivity index (χ0n) is 7.61. The van der Waals surface area contributed by atoms with Gasteiger partial charge in [-0.15, -0.1) is 0 Å². The first-order valence-electron chi connectivity index (χ1n) is 4.10. The van der Waals surface area contributed by atoms with Crippen molar-refractivity contribution in [3.63, 3.8) is 0 Å². The van der Waals surface area contributed by atoms with E-state index in [1.165, 1.54) is 0 Å². The third-order valence-corrected chi connectivity index (χ3v) is 2.44. The molecule has 0 atom stereocenters. The first-order valence-corrected chi connectivity index (χ1v) is 4.90. The first kappa shape index (κ1) is 9.21. The zero-order valence-corrected chi connectivity index (χ0v) is 9.19. The molecular weight excluding hydrogens is 244 g/mol. The molecule has 0 bridgehead atoms. The van der Waals surface area contributed by atoms with Crippen LogP contribution in [0.3, 0.4) is 0 Å². The van der Waals surface area contributed by atoms with Crippen molar-refractivity contribution in [2.24, 2.45) is 0 Å². The third kappa shape index (κ3) is 1.63. The Morgan fingerprint density at radius 1 is 1.50 bits per heavy atom. The van der Waals surface area contributed by atoms with Crippen LogP contribution in [0.4, 0.5) is 5.82 Å². The molecule has 0 amide bonds. The lowest BCUT2D eigenvalue weighted by atomic mass is 10.4. The summed E-state index contributed by atoms with van der Waals surface area (Å²) < 4.78 is 2.63. The van der Waals surface area contributed by atoms with Crippen LogP contribution in [-0.2, 0) is 0 Å². The van der Waals surface area contributed by atoms with Gasteiger partial charge in [0.25, 0.3) is 0 Å². The molecule has 0 aliphatic rings. The van der Waals surface area contributed by atoms with Gasteiger partial charge in [0.1, 0.15) is 5.82 Å². The van der Waals surface area contributed by atoms with Gasteiger partial charge < -0.3 is 5.73 Å². The summed E-state index contributed by atoms with van der Waals surface area (Å²) in [6.45, 7) is 1.94. The summed E-state index contributed by atoms with van der Waals surface area (Å²) in [5.74, 6) is 0.483. The van der Waals surface area contributed by atoms with E-state index in [1.54, 1.807) is 16.9 Å². The molecule has 72 valence electrons. The highest BCUT2D eigenvalue weighted by molar-refractivity contribution is 9.10. The lowest BCUT2D eigenvalue weighted by Crippen LogP contribution is -1.99. The number of pyridine rings is 1. The molecule has 14 heavy (non-hydrogen) atoms. The summed E-state index contributed by atoms with van der Waals surface area (Å²) >= 11 is 3.40. The fourth-order valence-corrected chi connectivity index (χ4v) is 1.57. The standard InChI is InChI=1S/C9H9BrN4/c1-6-2-3-14(13-6)8-4-9(11)12-5-7(8)10/h2-5H,1H3,(H2,11,12).